The van der Waals surface area contributed by atoms with Crippen LogP contribution in [0.3, 0.4) is 0 Å². The number of hydrogen-bond donors (Lipinski definition) is 0. The zero-order valence-corrected chi connectivity index (χ0v) is 17.5. The summed E-state index contributed by atoms with van der Waals surface area (Å²) in [4.78, 5) is 24.6. The number of carbonyl (C=O) groups excluding carboxylic acids is 2. The fourth-order valence-electron chi connectivity index (χ4n) is 5.60. The molecule has 0 spiro atoms. The Labute approximate surface area is 167 Å². The summed E-state index contributed by atoms with van der Waals surface area (Å²) < 4.78 is 45.5. The van der Waals surface area contributed by atoms with Crippen molar-refractivity contribution in [3.63, 3.8) is 0 Å². The summed E-state index contributed by atoms with van der Waals surface area (Å²) in [5.41, 5.74) is 0. The Morgan fingerprint density at radius 2 is 1.64 bits per heavy atom. The molecule has 2 atom stereocenters. The zero-order valence-electron chi connectivity index (χ0n) is 16.7. The predicted molar refractivity (Wildman–Crippen MR) is 100 cm³/mol. The minimum Gasteiger partial charge on any atom is -0.747 e. The van der Waals surface area contributed by atoms with E-state index in [9.17, 15) is 22.6 Å². The molecule has 0 aromatic rings. The van der Waals surface area contributed by atoms with Gasteiger partial charge in [0.1, 0.15) is 16.2 Å². The van der Waals surface area contributed by atoms with Crippen molar-refractivity contribution in [1.82, 2.24) is 0 Å². The molecule has 2 unspecified atom stereocenters. The van der Waals surface area contributed by atoms with E-state index in [0.29, 0.717) is 11.8 Å². The first-order chi connectivity index (χ1) is 13.2. The van der Waals surface area contributed by atoms with Crippen LogP contribution >= 0.6 is 0 Å². The van der Waals surface area contributed by atoms with Gasteiger partial charge in [-0.3, -0.25) is 9.59 Å². The van der Waals surface area contributed by atoms with Crippen molar-refractivity contribution < 1.29 is 32.0 Å². The van der Waals surface area contributed by atoms with Crippen molar-refractivity contribution in [2.24, 2.45) is 29.6 Å². The van der Waals surface area contributed by atoms with Crippen LogP contribution in [0.1, 0.15) is 65.2 Å². The van der Waals surface area contributed by atoms with Gasteiger partial charge in [0.25, 0.3) is 0 Å². The molecule has 0 aliphatic heterocycles. The maximum absolute atomic E-state index is 12.5. The van der Waals surface area contributed by atoms with Crippen molar-refractivity contribution >= 4 is 22.1 Å². The van der Waals surface area contributed by atoms with Crippen LogP contribution in [0, 0.1) is 29.6 Å². The maximum atomic E-state index is 12.5. The van der Waals surface area contributed by atoms with E-state index in [1.54, 1.807) is 0 Å². The first-order valence-electron chi connectivity index (χ1n) is 10.5. The second-order valence-electron chi connectivity index (χ2n) is 9.09. The van der Waals surface area contributed by atoms with Crippen LogP contribution in [0.4, 0.5) is 0 Å². The van der Waals surface area contributed by atoms with Crippen LogP contribution in [-0.4, -0.2) is 42.9 Å². The Morgan fingerprint density at radius 3 is 2.14 bits per heavy atom. The van der Waals surface area contributed by atoms with Gasteiger partial charge in [0.2, 0.25) is 0 Å². The molecular formula is C20H31O7S-. The smallest absolute Gasteiger partial charge is 0.324 e. The largest absolute Gasteiger partial charge is 0.747 e. The lowest BCUT2D eigenvalue weighted by molar-refractivity contribution is -0.171. The molecule has 0 radical (unpaired) electrons. The molecule has 7 nitrogen and oxygen atoms in total. The number of carbonyl (C=O) groups is 2. The Bertz CT molecular complexity index is 659. The van der Waals surface area contributed by atoms with Gasteiger partial charge in [-0.05, 0) is 68.1 Å². The third kappa shape index (κ3) is 5.06. The van der Waals surface area contributed by atoms with E-state index in [-0.39, 0.29) is 30.5 Å². The van der Waals surface area contributed by atoms with Crippen LogP contribution in [0.25, 0.3) is 0 Å². The summed E-state index contributed by atoms with van der Waals surface area (Å²) in [5.74, 6) is 0.0407. The molecule has 8 heteroatoms. The van der Waals surface area contributed by atoms with Crippen molar-refractivity contribution in [3.05, 3.63) is 0 Å². The molecule has 0 N–H and O–H groups in total. The van der Waals surface area contributed by atoms with Gasteiger partial charge in [-0.15, -0.1) is 0 Å². The second-order valence-corrected chi connectivity index (χ2v) is 10.6. The van der Waals surface area contributed by atoms with E-state index in [0.717, 1.165) is 38.5 Å². The summed E-state index contributed by atoms with van der Waals surface area (Å²) in [6.45, 7) is 4.07. The normalized spacial score (nSPS) is 33.3. The Morgan fingerprint density at radius 1 is 1.07 bits per heavy atom. The van der Waals surface area contributed by atoms with Crippen LogP contribution in [0.15, 0.2) is 0 Å². The van der Waals surface area contributed by atoms with Crippen LogP contribution < -0.4 is 0 Å². The highest BCUT2D eigenvalue weighted by Gasteiger charge is 2.50. The van der Waals surface area contributed by atoms with Gasteiger partial charge in [0.15, 0.2) is 5.25 Å². The van der Waals surface area contributed by atoms with E-state index in [4.69, 9.17) is 9.47 Å². The average Bonchev–Trinajstić information content (AvgIpc) is 2.59. The molecule has 4 aliphatic rings. The topological polar surface area (TPSA) is 110 Å². The molecule has 4 fully saturated rings. The predicted octanol–water partition coefficient (Wildman–Crippen LogP) is 2.64. The highest BCUT2D eigenvalue weighted by Crippen LogP contribution is 2.54. The summed E-state index contributed by atoms with van der Waals surface area (Å²) >= 11 is 0. The van der Waals surface area contributed by atoms with E-state index in [1.165, 1.54) is 6.42 Å². The standard InChI is InChI=1S/C20H32O7S/c1-3-4-12(2)11-26-18(21)10-17(28(23,24)25)20(22)27-19-15-6-13-5-14(8-15)9-16(19)7-13/h12-17,19H,3-11H2,1-2H3,(H,23,24,25)/p-1. The second kappa shape index (κ2) is 8.69. The molecule has 0 amide bonds. The molecule has 0 aromatic heterocycles. The molecule has 160 valence electrons. The molecule has 28 heavy (non-hydrogen) atoms. The highest BCUT2D eigenvalue weighted by molar-refractivity contribution is 7.87. The molecule has 4 aliphatic carbocycles. The van der Waals surface area contributed by atoms with E-state index < -0.39 is 33.7 Å². The lowest BCUT2D eigenvalue weighted by Gasteiger charge is -2.53. The fraction of sp³-hybridized carbons (Fsp3) is 0.900. The molecule has 0 aromatic carbocycles. The van der Waals surface area contributed by atoms with Gasteiger partial charge in [-0.2, -0.15) is 0 Å². The first kappa shape index (κ1) is 21.6. The van der Waals surface area contributed by atoms with Gasteiger partial charge < -0.3 is 14.0 Å². The third-order valence-corrected chi connectivity index (χ3v) is 7.72. The summed E-state index contributed by atoms with van der Waals surface area (Å²) in [6.07, 6.45) is 5.93. The van der Waals surface area contributed by atoms with Gasteiger partial charge in [0, 0.05) is 0 Å². The third-order valence-electron chi connectivity index (χ3n) is 6.67. The van der Waals surface area contributed by atoms with Crippen LogP contribution in [-0.2, 0) is 29.2 Å². The quantitative estimate of drug-likeness (QED) is 0.420. The first-order valence-corrected chi connectivity index (χ1v) is 11.9. The summed E-state index contributed by atoms with van der Waals surface area (Å²) in [5, 5.41) is -2.03. The minimum atomic E-state index is -5.01. The summed E-state index contributed by atoms with van der Waals surface area (Å²) in [6, 6.07) is 0. The van der Waals surface area contributed by atoms with Crippen LogP contribution in [0.2, 0.25) is 0 Å². The molecule has 0 heterocycles. The van der Waals surface area contributed by atoms with E-state index in [1.807, 2.05) is 13.8 Å². The van der Waals surface area contributed by atoms with Gasteiger partial charge in [-0.1, -0.05) is 20.3 Å². The molecule has 4 saturated carbocycles. The molecule has 4 rings (SSSR count). The van der Waals surface area contributed by atoms with Crippen LogP contribution in [0.5, 0.6) is 0 Å². The van der Waals surface area contributed by atoms with E-state index >= 15 is 0 Å². The number of ether oxygens (including phenoxy) is 2. The molecular weight excluding hydrogens is 384 g/mol. The van der Waals surface area contributed by atoms with Gasteiger partial charge in [0.05, 0.1) is 13.0 Å². The maximum Gasteiger partial charge on any atom is 0.324 e. The lowest BCUT2D eigenvalue weighted by atomic mass is 9.55. The Hall–Kier alpha value is -1.15. The van der Waals surface area contributed by atoms with Crippen molar-refractivity contribution in [3.8, 4) is 0 Å². The minimum absolute atomic E-state index is 0.135. The van der Waals surface area contributed by atoms with Gasteiger partial charge in [-0.25, -0.2) is 8.42 Å². The molecule has 4 bridgehead atoms. The monoisotopic (exact) mass is 415 g/mol. The highest BCUT2D eigenvalue weighted by atomic mass is 32.2. The number of hydrogen-bond acceptors (Lipinski definition) is 7. The summed E-state index contributed by atoms with van der Waals surface area (Å²) in [7, 11) is -5.01. The lowest BCUT2D eigenvalue weighted by Crippen LogP contribution is -2.51. The molecule has 0 saturated heterocycles. The Kier molecular flexibility index (Phi) is 6.69. The van der Waals surface area contributed by atoms with Crippen molar-refractivity contribution in [1.29, 1.82) is 0 Å². The average molecular weight is 416 g/mol. The van der Waals surface area contributed by atoms with E-state index in [2.05, 4.69) is 0 Å². The zero-order chi connectivity index (χ0) is 20.5. The number of esters is 2. The van der Waals surface area contributed by atoms with Crippen molar-refractivity contribution in [2.45, 2.75) is 76.6 Å². The number of rotatable bonds is 9. The van der Waals surface area contributed by atoms with Gasteiger partial charge >= 0.3 is 11.9 Å². The SMILES string of the molecule is CCCC(C)COC(=O)CC(C(=O)OC1C2CC3CC(C2)CC1C3)S(=O)(=O)[O-]. The Balaban J connectivity index is 1.59. The van der Waals surface area contributed by atoms with Crippen molar-refractivity contribution in [2.75, 3.05) is 6.61 Å². The fourth-order valence-corrected chi connectivity index (χ4v) is 6.23.